The van der Waals surface area contributed by atoms with E-state index in [1.807, 2.05) is 24.3 Å². The predicted molar refractivity (Wildman–Crippen MR) is 64.2 cm³/mol. The predicted octanol–water partition coefficient (Wildman–Crippen LogP) is 2.79. The summed E-state index contributed by atoms with van der Waals surface area (Å²) in [6, 6.07) is 10.3. The zero-order valence-corrected chi connectivity index (χ0v) is 9.45. The molecular formula is C12H16O2S. The highest BCUT2D eigenvalue weighted by molar-refractivity contribution is 7.79. The molecule has 3 heteroatoms. The van der Waals surface area contributed by atoms with Crippen molar-refractivity contribution in [2.24, 2.45) is 0 Å². The van der Waals surface area contributed by atoms with Crippen LogP contribution in [0.3, 0.4) is 0 Å². The molecule has 1 N–H and O–H groups in total. The Bertz CT molecular complexity index is 320. The Hall–Kier alpha value is -0.930. The summed E-state index contributed by atoms with van der Waals surface area (Å²) in [6.07, 6.45) is 6.73. The van der Waals surface area contributed by atoms with Gasteiger partial charge < -0.3 is 4.55 Å². The van der Waals surface area contributed by atoms with Gasteiger partial charge in [0.2, 0.25) is 0 Å². The SMILES string of the molecule is O=S(O)CCC=CCCc1ccccc1. The standard InChI is InChI=1S/C12H16O2S/c13-15(14)11-7-2-1-4-8-12-9-5-3-6-10-12/h1-3,5-6,9-10H,4,7-8,11H2,(H,13,14). The highest BCUT2D eigenvalue weighted by atomic mass is 32.2. The second-order valence-electron chi connectivity index (χ2n) is 3.31. The Morgan fingerprint density at radius 1 is 1.13 bits per heavy atom. The number of benzene rings is 1. The summed E-state index contributed by atoms with van der Waals surface area (Å²) in [4.78, 5) is 0. The van der Waals surface area contributed by atoms with E-state index in [9.17, 15) is 4.21 Å². The zero-order chi connectivity index (χ0) is 10.9. The third-order valence-electron chi connectivity index (χ3n) is 2.07. The molecule has 0 saturated carbocycles. The van der Waals surface area contributed by atoms with E-state index in [4.69, 9.17) is 4.55 Å². The van der Waals surface area contributed by atoms with Crippen LogP contribution in [0, 0.1) is 0 Å². The fourth-order valence-corrected chi connectivity index (χ4v) is 1.64. The molecule has 0 fully saturated rings. The van der Waals surface area contributed by atoms with Crippen molar-refractivity contribution in [1.82, 2.24) is 0 Å². The number of aryl methyl sites for hydroxylation is 1. The van der Waals surface area contributed by atoms with Gasteiger partial charge in [0.25, 0.3) is 0 Å². The first-order chi connectivity index (χ1) is 7.29. The maximum atomic E-state index is 10.3. The van der Waals surface area contributed by atoms with E-state index < -0.39 is 11.1 Å². The molecule has 0 spiro atoms. The quantitative estimate of drug-likeness (QED) is 0.596. The molecule has 0 aliphatic rings. The van der Waals surface area contributed by atoms with E-state index >= 15 is 0 Å². The van der Waals surface area contributed by atoms with Crippen LogP contribution in [0.15, 0.2) is 42.5 Å². The lowest BCUT2D eigenvalue weighted by molar-refractivity contribution is 0.564. The second-order valence-corrected chi connectivity index (χ2v) is 4.36. The highest BCUT2D eigenvalue weighted by Crippen LogP contribution is 2.03. The molecule has 0 aliphatic carbocycles. The monoisotopic (exact) mass is 224 g/mol. The summed E-state index contributed by atoms with van der Waals surface area (Å²) in [5.41, 5.74) is 1.33. The van der Waals surface area contributed by atoms with Crippen molar-refractivity contribution in [3.05, 3.63) is 48.0 Å². The van der Waals surface area contributed by atoms with Gasteiger partial charge in [-0.3, -0.25) is 0 Å². The van der Waals surface area contributed by atoms with E-state index in [0.717, 1.165) is 12.8 Å². The maximum absolute atomic E-state index is 10.3. The van der Waals surface area contributed by atoms with E-state index in [2.05, 4.69) is 18.2 Å². The fraction of sp³-hybridized carbons (Fsp3) is 0.333. The molecular weight excluding hydrogens is 208 g/mol. The summed E-state index contributed by atoms with van der Waals surface area (Å²) < 4.78 is 18.9. The van der Waals surface area contributed by atoms with Crippen molar-refractivity contribution >= 4 is 11.1 Å². The molecule has 1 unspecified atom stereocenters. The molecule has 0 heterocycles. The Labute approximate surface area is 93.3 Å². The normalized spacial score (nSPS) is 13.1. The van der Waals surface area contributed by atoms with Crippen LogP contribution in [0.4, 0.5) is 0 Å². The Balaban J connectivity index is 2.14. The summed E-state index contributed by atoms with van der Waals surface area (Å²) in [7, 11) is 0. The van der Waals surface area contributed by atoms with Gasteiger partial charge in [-0.15, -0.1) is 0 Å². The lowest BCUT2D eigenvalue weighted by Gasteiger charge is -1.96. The van der Waals surface area contributed by atoms with Gasteiger partial charge in [-0.05, 0) is 24.8 Å². The third kappa shape index (κ3) is 6.20. The molecule has 0 bridgehead atoms. The van der Waals surface area contributed by atoms with Crippen LogP contribution >= 0.6 is 0 Å². The minimum absolute atomic E-state index is 0.335. The van der Waals surface area contributed by atoms with Gasteiger partial charge in [0.05, 0.1) is 5.75 Å². The average molecular weight is 224 g/mol. The molecule has 0 saturated heterocycles. The smallest absolute Gasteiger partial charge is 0.153 e. The minimum Gasteiger partial charge on any atom is -0.306 e. The largest absolute Gasteiger partial charge is 0.306 e. The summed E-state index contributed by atoms with van der Waals surface area (Å²) in [6.45, 7) is 0. The van der Waals surface area contributed by atoms with Crippen LogP contribution in [0.1, 0.15) is 18.4 Å². The van der Waals surface area contributed by atoms with Crippen molar-refractivity contribution in [2.45, 2.75) is 19.3 Å². The minimum atomic E-state index is -1.66. The van der Waals surface area contributed by atoms with E-state index in [1.54, 1.807) is 0 Å². The molecule has 0 amide bonds. The number of hydrogen-bond acceptors (Lipinski definition) is 1. The summed E-state index contributed by atoms with van der Waals surface area (Å²) in [5, 5.41) is 0. The molecule has 0 aliphatic heterocycles. The number of allylic oxidation sites excluding steroid dienone is 2. The molecule has 15 heavy (non-hydrogen) atoms. The lowest BCUT2D eigenvalue weighted by Crippen LogP contribution is -1.91. The molecule has 0 aromatic heterocycles. The van der Waals surface area contributed by atoms with Crippen LogP contribution < -0.4 is 0 Å². The molecule has 1 aromatic carbocycles. The lowest BCUT2D eigenvalue weighted by atomic mass is 10.1. The zero-order valence-electron chi connectivity index (χ0n) is 8.63. The third-order valence-corrected chi connectivity index (χ3v) is 2.65. The highest BCUT2D eigenvalue weighted by Gasteiger charge is 1.90. The second kappa shape index (κ2) is 7.37. The van der Waals surface area contributed by atoms with Gasteiger partial charge in [0.1, 0.15) is 0 Å². The molecule has 2 nitrogen and oxygen atoms in total. The van der Waals surface area contributed by atoms with Gasteiger partial charge in [-0.2, -0.15) is 0 Å². The van der Waals surface area contributed by atoms with Gasteiger partial charge >= 0.3 is 0 Å². The van der Waals surface area contributed by atoms with E-state index in [1.165, 1.54) is 5.56 Å². The van der Waals surface area contributed by atoms with Crippen molar-refractivity contribution in [2.75, 3.05) is 5.75 Å². The number of rotatable bonds is 6. The molecule has 1 atom stereocenters. The Morgan fingerprint density at radius 2 is 1.80 bits per heavy atom. The van der Waals surface area contributed by atoms with Crippen LogP contribution in [0.25, 0.3) is 0 Å². The van der Waals surface area contributed by atoms with Crippen LogP contribution in [0.2, 0.25) is 0 Å². The molecule has 1 aromatic rings. The fourth-order valence-electron chi connectivity index (χ4n) is 1.30. The topological polar surface area (TPSA) is 37.3 Å². The van der Waals surface area contributed by atoms with Crippen molar-refractivity contribution in [1.29, 1.82) is 0 Å². The van der Waals surface area contributed by atoms with Crippen molar-refractivity contribution in [3.8, 4) is 0 Å². The van der Waals surface area contributed by atoms with Crippen molar-refractivity contribution < 1.29 is 8.76 Å². The van der Waals surface area contributed by atoms with E-state index in [0.29, 0.717) is 12.2 Å². The Kier molecular flexibility index (Phi) is 5.97. The molecule has 82 valence electrons. The van der Waals surface area contributed by atoms with Gasteiger partial charge in [-0.1, -0.05) is 42.5 Å². The van der Waals surface area contributed by atoms with Gasteiger partial charge in [0.15, 0.2) is 11.1 Å². The molecule has 1 rings (SSSR count). The van der Waals surface area contributed by atoms with Crippen LogP contribution in [0.5, 0.6) is 0 Å². The average Bonchev–Trinajstić information content (AvgIpc) is 2.24. The summed E-state index contributed by atoms with van der Waals surface area (Å²) >= 11 is -1.66. The summed E-state index contributed by atoms with van der Waals surface area (Å²) in [5.74, 6) is 0.335. The first-order valence-electron chi connectivity index (χ1n) is 5.05. The van der Waals surface area contributed by atoms with Crippen molar-refractivity contribution in [3.63, 3.8) is 0 Å². The first kappa shape index (κ1) is 12.1. The van der Waals surface area contributed by atoms with Crippen LogP contribution in [-0.4, -0.2) is 14.5 Å². The van der Waals surface area contributed by atoms with Crippen LogP contribution in [-0.2, 0) is 17.5 Å². The molecule has 0 radical (unpaired) electrons. The first-order valence-corrected chi connectivity index (χ1v) is 6.33. The Morgan fingerprint density at radius 3 is 2.47 bits per heavy atom. The van der Waals surface area contributed by atoms with Gasteiger partial charge in [-0.25, -0.2) is 4.21 Å². The van der Waals surface area contributed by atoms with E-state index in [-0.39, 0.29) is 0 Å². The van der Waals surface area contributed by atoms with Gasteiger partial charge in [0, 0.05) is 0 Å². The maximum Gasteiger partial charge on any atom is 0.153 e. The number of hydrogen-bond donors (Lipinski definition) is 1.